The maximum Gasteiger partial charge on any atom is 0.128 e. The zero-order valence-corrected chi connectivity index (χ0v) is 10.7. The average Bonchev–Trinajstić information content (AvgIpc) is 2.51. The summed E-state index contributed by atoms with van der Waals surface area (Å²) in [6.07, 6.45) is 0.583. The molecule has 4 heteroatoms. The Bertz CT molecular complexity index is 646. The Morgan fingerprint density at radius 3 is 1.63 bits per heavy atom. The van der Waals surface area contributed by atoms with Crippen molar-refractivity contribution in [1.29, 1.82) is 0 Å². The van der Waals surface area contributed by atoms with Gasteiger partial charge in [0.1, 0.15) is 11.6 Å². The van der Waals surface area contributed by atoms with Gasteiger partial charge in [-0.05, 0) is 36.1 Å². The van der Waals surface area contributed by atoms with Crippen LogP contribution in [0, 0.1) is 25.5 Å². The van der Waals surface area contributed by atoms with Crippen LogP contribution in [-0.2, 0) is 6.42 Å². The molecule has 0 unspecified atom stereocenters. The van der Waals surface area contributed by atoms with E-state index in [0.717, 1.165) is 11.1 Å². The lowest BCUT2D eigenvalue weighted by Crippen LogP contribution is -1.93. The smallest absolute Gasteiger partial charge is 0.128 e. The Morgan fingerprint density at radius 1 is 0.789 bits per heavy atom. The van der Waals surface area contributed by atoms with E-state index in [1.807, 2.05) is 0 Å². The van der Waals surface area contributed by atoms with Gasteiger partial charge in [0.2, 0.25) is 0 Å². The molecule has 3 rings (SSSR count). The summed E-state index contributed by atoms with van der Waals surface area (Å²) in [7, 11) is 0. The third-order valence-corrected chi connectivity index (χ3v) is 3.37. The van der Waals surface area contributed by atoms with Gasteiger partial charge in [0.25, 0.3) is 0 Å². The molecule has 0 radical (unpaired) electrons. The lowest BCUT2D eigenvalue weighted by atomic mass is 9.99. The van der Waals surface area contributed by atoms with E-state index in [1.54, 1.807) is 26.0 Å². The van der Waals surface area contributed by atoms with Gasteiger partial charge in [-0.3, -0.25) is 0 Å². The molecule has 0 N–H and O–H groups in total. The monoisotopic (exact) mass is 258 g/mol. The molecule has 1 heterocycles. The number of azo groups is 1. The summed E-state index contributed by atoms with van der Waals surface area (Å²) in [4.78, 5) is 0. The van der Waals surface area contributed by atoms with Crippen LogP contribution in [0.3, 0.4) is 0 Å². The molecule has 0 spiro atoms. The summed E-state index contributed by atoms with van der Waals surface area (Å²) in [6.45, 7) is 3.43. The average molecular weight is 258 g/mol. The van der Waals surface area contributed by atoms with Crippen molar-refractivity contribution in [3.05, 3.63) is 58.2 Å². The molecular formula is C15H12F2N2. The number of hydrogen-bond donors (Lipinski definition) is 0. The first-order valence-electron chi connectivity index (χ1n) is 6.04. The number of rotatable bonds is 0. The molecule has 0 bridgehead atoms. The summed E-state index contributed by atoms with van der Waals surface area (Å²) in [5.74, 6) is -0.600. The van der Waals surface area contributed by atoms with Crippen LogP contribution >= 0.6 is 0 Å². The Balaban J connectivity index is 2.18. The van der Waals surface area contributed by atoms with Gasteiger partial charge >= 0.3 is 0 Å². The second-order valence-corrected chi connectivity index (χ2v) is 4.84. The van der Waals surface area contributed by atoms with Crippen LogP contribution in [0.2, 0.25) is 0 Å². The van der Waals surface area contributed by atoms with E-state index in [2.05, 4.69) is 10.2 Å². The number of nitrogens with zero attached hydrogens (tertiary/aromatic N) is 2. The number of aryl methyl sites for hydroxylation is 2. The summed E-state index contributed by atoms with van der Waals surface area (Å²) < 4.78 is 27.1. The van der Waals surface area contributed by atoms with E-state index in [-0.39, 0.29) is 11.6 Å². The zero-order valence-electron chi connectivity index (χ0n) is 10.7. The fourth-order valence-corrected chi connectivity index (χ4v) is 2.24. The van der Waals surface area contributed by atoms with E-state index in [1.165, 1.54) is 12.1 Å². The highest BCUT2D eigenvalue weighted by Gasteiger charge is 2.15. The van der Waals surface area contributed by atoms with Crippen LogP contribution in [0.25, 0.3) is 0 Å². The molecule has 1 aliphatic rings. The van der Waals surface area contributed by atoms with Gasteiger partial charge in [-0.2, -0.15) is 10.2 Å². The Morgan fingerprint density at radius 2 is 1.21 bits per heavy atom. The first-order valence-corrected chi connectivity index (χ1v) is 6.04. The van der Waals surface area contributed by atoms with Crippen LogP contribution < -0.4 is 0 Å². The van der Waals surface area contributed by atoms with Gasteiger partial charge in [-0.15, -0.1) is 0 Å². The minimum Gasteiger partial charge on any atom is -0.207 e. The Kier molecular flexibility index (Phi) is 2.66. The summed E-state index contributed by atoms with van der Waals surface area (Å²) in [6, 6.07) is 6.31. The molecule has 0 saturated heterocycles. The fourth-order valence-electron chi connectivity index (χ4n) is 2.24. The van der Waals surface area contributed by atoms with Gasteiger partial charge in [-0.1, -0.05) is 12.1 Å². The molecule has 2 nitrogen and oxygen atoms in total. The van der Waals surface area contributed by atoms with E-state index in [9.17, 15) is 8.78 Å². The predicted molar refractivity (Wildman–Crippen MR) is 69.3 cm³/mol. The third-order valence-electron chi connectivity index (χ3n) is 3.37. The van der Waals surface area contributed by atoms with E-state index >= 15 is 0 Å². The number of hydrogen-bond acceptors (Lipinski definition) is 2. The van der Waals surface area contributed by atoms with Gasteiger partial charge in [0, 0.05) is 18.6 Å². The molecule has 0 atom stereocenters. The van der Waals surface area contributed by atoms with Gasteiger partial charge in [0.05, 0.1) is 11.4 Å². The van der Waals surface area contributed by atoms with Crippen molar-refractivity contribution in [3.63, 3.8) is 0 Å². The van der Waals surface area contributed by atoms with Crippen LogP contribution in [-0.4, -0.2) is 0 Å². The molecule has 19 heavy (non-hydrogen) atoms. The second kappa shape index (κ2) is 4.23. The first kappa shape index (κ1) is 12.0. The van der Waals surface area contributed by atoms with Crippen molar-refractivity contribution in [3.8, 4) is 0 Å². The second-order valence-electron chi connectivity index (χ2n) is 4.84. The number of halogens is 2. The largest absolute Gasteiger partial charge is 0.207 e. The van der Waals surface area contributed by atoms with E-state index in [4.69, 9.17) is 0 Å². The summed E-state index contributed by atoms with van der Waals surface area (Å²) in [5, 5.41) is 8.04. The first-order chi connectivity index (χ1) is 9.04. The maximum absolute atomic E-state index is 13.5. The van der Waals surface area contributed by atoms with Gasteiger partial charge < -0.3 is 0 Å². The van der Waals surface area contributed by atoms with Crippen molar-refractivity contribution < 1.29 is 8.78 Å². The van der Waals surface area contributed by atoms with Crippen molar-refractivity contribution in [2.75, 3.05) is 0 Å². The van der Waals surface area contributed by atoms with Crippen molar-refractivity contribution in [2.45, 2.75) is 20.3 Å². The minimum atomic E-state index is -0.300. The molecule has 0 saturated carbocycles. The fraction of sp³-hybridized carbons (Fsp3) is 0.200. The van der Waals surface area contributed by atoms with Crippen molar-refractivity contribution in [1.82, 2.24) is 0 Å². The van der Waals surface area contributed by atoms with Crippen LogP contribution in [0.15, 0.2) is 34.5 Å². The molecule has 0 aromatic heterocycles. The van der Waals surface area contributed by atoms with Gasteiger partial charge in [0.15, 0.2) is 0 Å². The number of benzene rings is 2. The minimum absolute atomic E-state index is 0.300. The standard InChI is InChI=1S/C15H12F2N2/c1-8-3-10-5-11-4-9(2)13(17)7-15(11)19-18-14(10)6-12(8)16/h3-4,6-7H,5H2,1-2H3. The molecule has 2 aromatic rings. The normalized spacial score (nSPS) is 12.8. The molecule has 0 amide bonds. The predicted octanol–water partition coefficient (Wildman–Crippen LogP) is 4.90. The van der Waals surface area contributed by atoms with E-state index < -0.39 is 0 Å². The Hall–Kier alpha value is -2.10. The van der Waals surface area contributed by atoms with Crippen LogP contribution in [0.1, 0.15) is 22.3 Å². The molecule has 0 aliphatic carbocycles. The lowest BCUT2D eigenvalue weighted by Gasteiger charge is -2.07. The highest BCUT2D eigenvalue weighted by Crippen LogP contribution is 2.35. The van der Waals surface area contributed by atoms with Crippen molar-refractivity contribution >= 4 is 11.4 Å². The molecule has 2 aromatic carbocycles. The topological polar surface area (TPSA) is 24.7 Å². The summed E-state index contributed by atoms with van der Waals surface area (Å²) >= 11 is 0. The molecule has 1 aliphatic heterocycles. The highest BCUT2D eigenvalue weighted by atomic mass is 19.1. The third kappa shape index (κ3) is 2.03. The Labute approximate surface area is 109 Å². The number of fused-ring (bicyclic) bond motifs is 2. The zero-order chi connectivity index (χ0) is 13.6. The van der Waals surface area contributed by atoms with Crippen LogP contribution in [0.4, 0.5) is 20.2 Å². The molecular weight excluding hydrogens is 246 g/mol. The maximum atomic E-state index is 13.5. The highest BCUT2D eigenvalue weighted by molar-refractivity contribution is 5.58. The molecule has 0 fully saturated rings. The quantitative estimate of drug-likeness (QED) is 0.548. The van der Waals surface area contributed by atoms with Crippen LogP contribution in [0.5, 0.6) is 0 Å². The lowest BCUT2D eigenvalue weighted by molar-refractivity contribution is 0.618. The van der Waals surface area contributed by atoms with Crippen molar-refractivity contribution in [2.24, 2.45) is 10.2 Å². The SMILES string of the molecule is Cc1cc2c(cc1F)N=Nc1cc(F)c(C)cc1C2. The van der Waals surface area contributed by atoms with E-state index in [0.29, 0.717) is 28.9 Å². The van der Waals surface area contributed by atoms with Gasteiger partial charge in [-0.25, -0.2) is 8.78 Å². The summed E-state index contributed by atoms with van der Waals surface area (Å²) in [5.41, 5.74) is 4.00. The molecule has 96 valence electrons.